The molecule has 4 heteroatoms. The number of nitrogens with zero attached hydrogens (tertiary/aromatic N) is 3. The normalized spacial score (nSPS) is 10.8. The molecule has 0 N–H and O–H groups in total. The number of rotatable bonds is 3. The largest absolute Gasteiger partial charge is 0.287 e. The Hall–Kier alpha value is -2.49. The van der Waals surface area contributed by atoms with Gasteiger partial charge in [0.2, 0.25) is 5.78 Å². The molecule has 0 bridgehead atoms. The average molecular weight is 251 g/mol. The standard InChI is InChI=1S/C15H13N3O/c1-2-18-14(10-16-17-18)15(19)13-9-5-7-11-6-3-4-8-12(11)13/h3-10H,2H2,1H3. The van der Waals surface area contributed by atoms with E-state index in [1.807, 2.05) is 49.4 Å². The summed E-state index contributed by atoms with van der Waals surface area (Å²) in [6.07, 6.45) is 1.52. The van der Waals surface area contributed by atoms with Crippen molar-refractivity contribution in [3.05, 3.63) is 59.9 Å². The first kappa shape index (κ1) is 11.6. The van der Waals surface area contributed by atoms with E-state index in [1.165, 1.54) is 6.20 Å². The molecule has 0 amide bonds. The summed E-state index contributed by atoms with van der Waals surface area (Å²) in [6, 6.07) is 13.6. The van der Waals surface area contributed by atoms with E-state index in [0.717, 1.165) is 10.8 Å². The molecule has 0 fully saturated rings. The molecular formula is C15H13N3O. The predicted octanol–water partition coefficient (Wildman–Crippen LogP) is 2.68. The fraction of sp³-hybridized carbons (Fsp3) is 0.133. The van der Waals surface area contributed by atoms with Gasteiger partial charge in [0.25, 0.3) is 0 Å². The maximum Gasteiger partial charge on any atom is 0.213 e. The van der Waals surface area contributed by atoms with Crippen molar-refractivity contribution in [2.75, 3.05) is 0 Å². The highest BCUT2D eigenvalue weighted by Gasteiger charge is 2.16. The minimum Gasteiger partial charge on any atom is -0.287 e. The van der Waals surface area contributed by atoms with Crippen molar-refractivity contribution in [3.63, 3.8) is 0 Å². The SMILES string of the molecule is CCn1nncc1C(=O)c1cccc2ccccc12. The summed E-state index contributed by atoms with van der Waals surface area (Å²) in [4.78, 5) is 12.6. The molecule has 0 aliphatic heterocycles. The van der Waals surface area contributed by atoms with E-state index in [1.54, 1.807) is 4.68 Å². The number of fused-ring (bicyclic) bond motifs is 1. The highest BCUT2D eigenvalue weighted by atomic mass is 16.1. The van der Waals surface area contributed by atoms with E-state index in [9.17, 15) is 4.79 Å². The topological polar surface area (TPSA) is 47.8 Å². The Morgan fingerprint density at radius 1 is 1.16 bits per heavy atom. The number of aryl methyl sites for hydroxylation is 1. The first-order chi connectivity index (χ1) is 9.31. The molecule has 0 spiro atoms. The summed E-state index contributed by atoms with van der Waals surface area (Å²) in [5.74, 6) is -0.0383. The number of hydrogen-bond acceptors (Lipinski definition) is 3. The molecule has 0 radical (unpaired) electrons. The Balaban J connectivity index is 2.17. The van der Waals surface area contributed by atoms with Crippen LogP contribution in [0.15, 0.2) is 48.7 Å². The summed E-state index contributed by atoms with van der Waals surface area (Å²) in [5.41, 5.74) is 1.22. The van der Waals surface area contributed by atoms with Crippen LogP contribution >= 0.6 is 0 Å². The molecule has 19 heavy (non-hydrogen) atoms. The lowest BCUT2D eigenvalue weighted by atomic mass is 10.00. The monoisotopic (exact) mass is 251 g/mol. The van der Waals surface area contributed by atoms with Gasteiger partial charge in [-0.05, 0) is 17.7 Å². The van der Waals surface area contributed by atoms with Crippen molar-refractivity contribution in [3.8, 4) is 0 Å². The molecule has 94 valence electrons. The Labute approximate surface area is 110 Å². The van der Waals surface area contributed by atoms with Gasteiger partial charge in [-0.15, -0.1) is 5.10 Å². The van der Waals surface area contributed by atoms with E-state index in [4.69, 9.17) is 0 Å². The molecule has 0 saturated heterocycles. The smallest absolute Gasteiger partial charge is 0.213 e. The van der Waals surface area contributed by atoms with Gasteiger partial charge in [0.15, 0.2) is 0 Å². The summed E-state index contributed by atoms with van der Waals surface area (Å²) >= 11 is 0. The fourth-order valence-corrected chi connectivity index (χ4v) is 2.23. The molecule has 0 aliphatic rings. The third-order valence-corrected chi connectivity index (χ3v) is 3.18. The zero-order chi connectivity index (χ0) is 13.2. The van der Waals surface area contributed by atoms with Gasteiger partial charge in [-0.2, -0.15) is 0 Å². The van der Waals surface area contributed by atoms with E-state index in [0.29, 0.717) is 17.8 Å². The third-order valence-electron chi connectivity index (χ3n) is 3.18. The second-order valence-corrected chi connectivity index (χ2v) is 4.29. The molecule has 0 aliphatic carbocycles. The lowest BCUT2D eigenvalue weighted by Crippen LogP contribution is -2.10. The first-order valence-electron chi connectivity index (χ1n) is 6.22. The second kappa shape index (κ2) is 4.65. The van der Waals surface area contributed by atoms with Crippen LogP contribution in [-0.2, 0) is 6.54 Å². The highest BCUT2D eigenvalue weighted by Crippen LogP contribution is 2.21. The van der Waals surface area contributed by atoms with Crippen LogP contribution in [0, 0.1) is 0 Å². The van der Waals surface area contributed by atoms with Crippen molar-refractivity contribution in [1.82, 2.24) is 15.0 Å². The summed E-state index contributed by atoms with van der Waals surface area (Å²) in [5, 5.41) is 9.74. The minimum atomic E-state index is -0.0383. The lowest BCUT2D eigenvalue weighted by Gasteiger charge is -2.06. The number of carbonyl (C=O) groups excluding carboxylic acids is 1. The predicted molar refractivity (Wildman–Crippen MR) is 73.1 cm³/mol. The number of hydrogen-bond donors (Lipinski definition) is 0. The van der Waals surface area contributed by atoms with Gasteiger partial charge in [-0.25, -0.2) is 4.68 Å². The summed E-state index contributed by atoms with van der Waals surface area (Å²) in [6.45, 7) is 2.57. The van der Waals surface area contributed by atoms with E-state index in [-0.39, 0.29) is 5.78 Å². The molecule has 3 rings (SSSR count). The highest BCUT2D eigenvalue weighted by molar-refractivity contribution is 6.15. The molecule has 0 atom stereocenters. The summed E-state index contributed by atoms with van der Waals surface area (Å²) < 4.78 is 1.62. The molecule has 1 heterocycles. The van der Waals surface area contributed by atoms with Gasteiger partial charge in [-0.1, -0.05) is 47.7 Å². The van der Waals surface area contributed by atoms with Crippen molar-refractivity contribution in [1.29, 1.82) is 0 Å². The Morgan fingerprint density at radius 2 is 1.95 bits per heavy atom. The van der Waals surface area contributed by atoms with Crippen LogP contribution in [0.2, 0.25) is 0 Å². The van der Waals surface area contributed by atoms with Gasteiger partial charge >= 0.3 is 0 Å². The number of aromatic nitrogens is 3. The van der Waals surface area contributed by atoms with Gasteiger partial charge in [0.1, 0.15) is 5.69 Å². The van der Waals surface area contributed by atoms with Gasteiger partial charge < -0.3 is 0 Å². The molecule has 4 nitrogen and oxygen atoms in total. The van der Waals surface area contributed by atoms with Crippen LogP contribution in [0.4, 0.5) is 0 Å². The maximum absolute atomic E-state index is 12.6. The first-order valence-corrected chi connectivity index (χ1v) is 6.22. The molecule has 0 unspecified atom stereocenters. The van der Waals surface area contributed by atoms with Crippen LogP contribution in [0.25, 0.3) is 10.8 Å². The van der Waals surface area contributed by atoms with E-state index < -0.39 is 0 Å². The fourth-order valence-electron chi connectivity index (χ4n) is 2.23. The van der Waals surface area contributed by atoms with Crippen molar-refractivity contribution in [2.24, 2.45) is 0 Å². The van der Waals surface area contributed by atoms with Crippen LogP contribution in [0.5, 0.6) is 0 Å². The van der Waals surface area contributed by atoms with Gasteiger partial charge in [0, 0.05) is 12.1 Å². The summed E-state index contributed by atoms with van der Waals surface area (Å²) in [7, 11) is 0. The Kier molecular flexibility index (Phi) is 2.83. The van der Waals surface area contributed by atoms with Crippen LogP contribution < -0.4 is 0 Å². The number of benzene rings is 2. The number of ketones is 1. The molecular weight excluding hydrogens is 238 g/mol. The minimum absolute atomic E-state index is 0.0383. The molecule has 2 aromatic carbocycles. The van der Waals surface area contributed by atoms with Gasteiger partial charge in [0.05, 0.1) is 6.20 Å². The zero-order valence-corrected chi connectivity index (χ0v) is 10.6. The Morgan fingerprint density at radius 3 is 2.79 bits per heavy atom. The zero-order valence-electron chi connectivity index (χ0n) is 10.6. The molecule has 3 aromatic rings. The average Bonchev–Trinajstić information content (AvgIpc) is 2.94. The quantitative estimate of drug-likeness (QED) is 0.672. The maximum atomic E-state index is 12.6. The van der Waals surface area contributed by atoms with Crippen molar-refractivity contribution >= 4 is 16.6 Å². The molecule has 0 saturated carbocycles. The molecule has 1 aromatic heterocycles. The lowest BCUT2D eigenvalue weighted by molar-refractivity contribution is 0.103. The second-order valence-electron chi connectivity index (χ2n) is 4.29. The van der Waals surface area contributed by atoms with Crippen molar-refractivity contribution < 1.29 is 4.79 Å². The van der Waals surface area contributed by atoms with E-state index >= 15 is 0 Å². The van der Waals surface area contributed by atoms with Gasteiger partial charge in [-0.3, -0.25) is 4.79 Å². The Bertz CT molecular complexity index is 740. The van der Waals surface area contributed by atoms with Crippen LogP contribution in [-0.4, -0.2) is 20.8 Å². The van der Waals surface area contributed by atoms with Crippen LogP contribution in [0.3, 0.4) is 0 Å². The number of carbonyl (C=O) groups is 1. The van der Waals surface area contributed by atoms with Crippen LogP contribution in [0.1, 0.15) is 23.0 Å². The van der Waals surface area contributed by atoms with E-state index in [2.05, 4.69) is 10.3 Å². The third kappa shape index (κ3) is 1.91. The van der Waals surface area contributed by atoms with Crippen molar-refractivity contribution in [2.45, 2.75) is 13.5 Å².